The lowest BCUT2D eigenvalue weighted by molar-refractivity contribution is 0.696. The molecule has 0 N–H and O–H groups in total. The van der Waals surface area contributed by atoms with Crippen LogP contribution in [0.1, 0.15) is 52.6 Å². The number of hydrogen-bond acceptors (Lipinski definition) is 1. The van der Waals surface area contributed by atoms with E-state index in [1.165, 1.54) is 83.5 Å². The van der Waals surface area contributed by atoms with Gasteiger partial charge in [0.15, 0.2) is 0 Å². The summed E-state index contributed by atoms with van der Waals surface area (Å²) in [6.45, 7) is 0. The van der Waals surface area contributed by atoms with Gasteiger partial charge in [0.2, 0.25) is 0 Å². The zero-order valence-electron chi connectivity index (χ0n) is 31.5. The summed E-state index contributed by atoms with van der Waals surface area (Å²) in [5.41, 5.74) is 23.5. The van der Waals surface area contributed by atoms with Crippen molar-refractivity contribution in [2.75, 3.05) is 4.90 Å². The van der Waals surface area contributed by atoms with Crippen molar-refractivity contribution in [3.63, 3.8) is 0 Å². The van der Waals surface area contributed by atoms with Gasteiger partial charge in [-0.15, -0.1) is 0 Å². The first kappa shape index (κ1) is 32.1. The minimum absolute atomic E-state index is 0.422. The summed E-state index contributed by atoms with van der Waals surface area (Å²) in [5.74, 6) is 7.09. The molecule has 7 aromatic carbocycles. The predicted molar refractivity (Wildman–Crippen MR) is 237 cm³/mol. The molecule has 0 saturated heterocycles. The minimum Gasteiger partial charge on any atom is -0.310 e. The molecule has 6 bridgehead atoms. The van der Waals surface area contributed by atoms with E-state index in [4.69, 9.17) is 0 Å². The van der Waals surface area contributed by atoms with Crippen molar-refractivity contribution >= 4 is 33.8 Å². The molecule has 1 heteroatoms. The topological polar surface area (TPSA) is 3.24 Å². The third-order valence-electron chi connectivity index (χ3n) is 12.8. The zero-order chi connectivity index (χ0) is 37.5. The number of hydrogen-bond donors (Lipinski definition) is 0. The molecule has 0 fully saturated rings. The first-order valence-electron chi connectivity index (χ1n) is 20.1. The van der Waals surface area contributed by atoms with Crippen molar-refractivity contribution in [2.24, 2.45) is 0 Å². The lowest BCUT2D eigenvalue weighted by Crippen LogP contribution is -2.30. The van der Waals surface area contributed by atoms with E-state index in [1.54, 1.807) is 0 Å². The Labute approximate surface area is 334 Å². The molecule has 0 radical (unpaired) electrons. The summed E-state index contributed by atoms with van der Waals surface area (Å²) in [6, 6.07) is 61.2. The van der Waals surface area contributed by atoms with Gasteiger partial charge in [-0.2, -0.15) is 0 Å². The summed E-state index contributed by atoms with van der Waals surface area (Å²) in [7, 11) is 0. The van der Waals surface area contributed by atoms with E-state index < -0.39 is 5.41 Å². The molecule has 0 amide bonds. The fourth-order valence-corrected chi connectivity index (χ4v) is 10.6. The summed E-state index contributed by atoms with van der Waals surface area (Å²) in [5, 5.41) is 0. The van der Waals surface area contributed by atoms with Crippen LogP contribution < -0.4 is 4.90 Å². The van der Waals surface area contributed by atoms with Crippen molar-refractivity contribution in [2.45, 2.75) is 24.7 Å². The molecule has 266 valence electrons. The number of fused-ring (bicyclic) bond motifs is 5. The molecule has 1 nitrogen and oxygen atoms in total. The van der Waals surface area contributed by atoms with Crippen LogP contribution in [-0.4, -0.2) is 0 Å². The van der Waals surface area contributed by atoms with Crippen LogP contribution in [0.5, 0.6) is 0 Å². The highest BCUT2D eigenvalue weighted by Gasteiger charge is 2.47. The standard InChI is InChI=1S/C56H37N/c1-5-18-37(19-6-1)56(38-20-7-2-8-21-38)50-32-14-13-25-42(50)43-35-34-40(36-51(43)56)57(39-22-9-3-10-23-39)52-33-17-31-49-47-29-16-28-46-48-30-15-27-45(54(48)55(49)52)41-24-11-4-12-26-44(41)53(46)47/h1-3,5-11,13,15-25,27-31,33-36H,4,14,32H2. The monoisotopic (exact) mass is 723 g/mol. The van der Waals surface area contributed by atoms with Crippen LogP contribution in [0.4, 0.5) is 17.1 Å². The van der Waals surface area contributed by atoms with Crippen LogP contribution >= 0.6 is 0 Å². The first-order valence-corrected chi connectivity index (χ1v) is 20.1. The van der Waals surface area contributed by atoms with Crippen LogP contribution in [-0.2, 0) is 5.41 Å². The van der Waals surface area contributed by atoms with E-state index in [1.807, 2.05) is 0 Å². The highest BCUT2D eigenvalue weighted by atomic mass is 15.1. The maximum Gasteiger partial charge on any atom is 0.0677 e. The molecule has 0 spiro atoms. The summed E-state index contributed by atoms with van der Waals surface area (Å²) in [4.78, 5) is 2.51. The predicted octanol–water partition coefficient (Wildman–Crippen LogP) is 14.1. The number of rotatable bonds is 5. The smallest absolute Gasteiger partial charge is 0.0677 e. The Bertz CT molecular complexity index is 2980. The third-order valence-corrected chi connectivity index (χ3v) is 12.8. The minimum atomic E-state index is -0.422. The van der Waals surface area contributed by atoms with E-state index in [-0.39, 0.29) is 0 Å². The lowest BCUT2D eigenvalue weighted by Gasteiger charge is -2.37. The first-order chi connectivity index (χ1) is 28.3. The molecule has 0 heterocycles. The molecule has 7 aromatic rings. The zero-order valence-corrected chi connectivity index (χ0v) is 31.5. The van der Waals surface area contributed by atoms with Gasteiger partial charge < -0.3 is 4.90 Å². The average Bonchev–Trinajstić information content (AvgIpc) is 3.34. The van der Waals surface area contributed by atoms with Gasteiger partial charge in [-0.1, -0.05) is 170 Å². The Morgan fingerprint density at radius 3 is 1.81 bits per heavy atom. The van der Waals surface area contributed by atoms with E-state index in [2.05, 4.69) is 205 Å². The highest BCUT2D eigenvalue weighted by Crippen LogP contribution is 2.60. The Hall–Kier alpha value is -7.14. The number of para-hydroxylation sites is 1. The Kier molecular flexibility index (Phi) is 7.01. The average molecular weight is 724 g/mol. The fraction of sp³-hybridized carbons (Fsp3) is 0.0714. The van der Waals surface area contributed by atoms with Gasteiger partial charge in [0.05, 0.1) is 11.1 Å². The molecule has 57 heavy (non-hydrogen) atoms. The number of benzene rings is 7. The molecule has 0 saturated carbocycles. The molecule has 0 unspecified atom stereocenters. The van der Waals surface area contributed by atoms with Crippen LogP contribution in [0.3, 0.4) is 0 Å². The summed E-state index contributed by atoms with van der Waals surface area (Å²) in [6.07, 6.45) is 12.1. The molecule has 0 aliphatic heterocycles. The van der Waals surface area contributed by atoms with Crippen molar-refractivity contribution in [1.82, 2.24) is 0 Å². The highest BCUT2D eigenvalue weighted by molar-refractivity contribution is 6.20. The van der Waals surface area contributed by atoms with E-state index >= 15 is 0 Å². The SMILES string of the molecule is C1#CC2=C(C=CC1)c1cccc3c1-c1c(cccc1N(c1ccccc1)c1ccc4c(c1)C(c1ccccc1)(c1ccccc1)C1=C4C=CCC1)-c1cccc-3c12. The molecule has 0 aromatic heterocycles. The van der Waals surface area contributed by atoms with Crippen LogP contribution in [0.2, 0.25) is 0 Å². The maximum absolute atomic E-state index is 3.64. The molecular formula is C56H37N. The second-order valence-corrected chi connectivity index (χ2v) is 15.6. The van der Waals surface area contributed by atoms with Gasteiger partial charge in [-0.05, 0) is 110 Å². The fourth-order valence-electron chi connectivity index (χ4n) is 10.6. The summed E-state index contributed by atoms with van der Waals surface area (Å²) >= 11 is 0. The van der Waals surface area contributed by atoms with Crippen LogP contribution in [0, 0.1) is 11.8 Å². The van der Waals surface area contributed by atoms with Crippen molar-refractivity contribution < 1.29 is 0 Å². The second kappa shape index (κ2) is 12.4. The third kappa shape index (κ3) is 4.47. The molecule has 12 rings (SSSR count). The van der Waals surface area contributed by atoms with Crippen LogP contribution in [0.25, 0.3) is 50.1 Å². The van der Waals surface area contributed by atoms with Gasteiger partial charge in [0.1, 0.15) is 0 Å². The quantitative estimate of drug-likeness (QED) is 0.160. The molecular weight excluding hydrogens is 687 g/mol. The van der Waals surface area contributed by atoms with Gasteiger partial charge in [0, 0.05) is 40.1 Å². The number of nitrogens with zero attached hydrogens (tertiary/aromatic N) is 1. The van der Waals surface area contributed by atoms with Gasteiger partial charge in [-0.25, -0.2) is 0 Å². The second-order valence-electron chi connectivity index (χ2n) is 15.6. The Morgan fingerprint density at radius 2 is 1.09 bits per heavy atom. The maximum atomic E-state index is 3.64. The van der Waals surface area contributed by atoms with Crippen molar-refractivity contribution in [3.8, 4) is 45.2 Å². The molecule has 5 aliphatic rings. The van der Waals surface area contributed by atoms with Gasteiger partial charge in [-0.3, -0.25) is 0 Å². The molecule has 0 atom stereocenters. The van der Waals surface area contributed by atoms with E-state index in [9.17, 15) is 0 Å². The summed E-state index contributed by atoms with van der Waals surface area (Å²) < 4.78 is 0. The van der Waals surface area contributed by atoms with Crippen molar-refractivity contribution in [1.29, 1.82) is 0 Å². The number of anilines is 3. The largest absolute Gasteiger partial charge is 0.310 e. The Balaban J connectivity index is 1.17. The lowest BCUT2D eigenvalue weighted by atomic mass is 9.65. The van der Waals surface area contributed by atoms with Crippen molar-refractivity contribution in [3.05, 3.63) is 227 Å². The van der Waals surface area contributed by atoms with Gasteiger partial charge in [0.25, 0.3) is 0 Å². The molecule has 5 aliphatic carbocycles. The Morgan fingerprint density at radius 1 is 0.474 bits per heavy atom. The number of allylic oxidation sites excluding steroid dienone is 8. The van der Waals surface area contributed by atoms with E-state index in [0.29, 0.717) is 0 Å². The van der Waals surface area contributed by atoms with Gasteiger partial charge >= 0.3 is 0 Å². The normalized spacial score (nSPS) is 15.7. The van der Waals surface area contributed by atoms with Crippen LogP contribution in [0.15, 0.2) is 194 Å². The van der Waals surface area contributed by atoms with E-state index in [0.717, 1.165) is 41.9 Å².